The Balaban J connectivity index is 0. The molecule has 0 aliphatic heterocycles. The zero-order valence-electron chi connectivity index (χ0n) is 9.74. The Morgan fingerprint density at radius 2 is 1.94 bits per heavy atom. The number of nitrogens with two attached hydrogens (primary N) is 2. The summed E-state index contributed by atoms with van der Waals surface area (Å²) in [5.74, 6) is -0.750. The van der Waals surface area contributed by atoms with E-state index in [0.29, 0.717) is 0 Å². The number of quaternary nitrogens is 1. The van der Waals surface area contributed by atoms with Crippen molar-refractivity contribution in [1.29, 1.82) is 5.26 Å². The lowest BCUT2D eigenvalue weighted by Gasteiger charge is -2.01. The number of halogens is 3. The van der Waals surface area contributed by atoms with E-state index in [-0.39, 0.29) is 12.4 Å². The van der Waals surface area contributed by atoms with Gasteiger partial charge < -0.3 is 23.5 Å². The van der Waals surface area contributed by atoms with Crippen LogP contribution in [0.1, 0.15) is 5.56 Å². The number of primary amides is 1. The minimum Gasteiger partial charge on any atom is -1.00 e. The van der Waals surface area contributed by atoms with Gasteiger partial charge in [-0.05, 0) is 31.9 Å². The molecule has 4 N–H and O–H groups in total. The predicted molar refractivity (Wildman–Crippen MR) is 73.4 cm³/mol. The summed E-state index contributed by atoms with van der Waals surface area (Å²) in [4.78, 5) is 10.2. The molecule has 0 saturated heterocycles. The number of hydrogen-bond donors (Lipinski definition) is 2. The van der Waals surface area contributed by atoms with Gasteiger partial charge in [0.2, 0.25) is 3.23 Å². The molecule has 100 valence electrons. The van der Waals surface area contributed by atoms with Gasteiger partial charge in [0, 0.05) is 5.56 Å². The maximum Gasteiger partial charge on any atom is 0.259 e. The van der Waals surface area contributed by atoms with Crippen LogP contribution in [0.3, 0.4) is 0 Å². The molecule has 1 aromatic rings. The first kappa shape index (κ1) is 19.7. The van der Waals surface area contributed by atoms with Gasteiger partial charge in [0.25, 0.3) is 5.91 Å². The van der Waals surface area contributed by atoms with Gasteiger partial charge in [-0.1, -0.05) is 30.3 Å². The summed E-state index contributed by atoms with van der Waals surface area (Å²) in [6, 6.07) is 12.1. The van der Waals surface area contributed by atoms with E-state index in [1.54, 1.807) is 6.07 Å². The largest absolute Gasteiger partial charge is 1.00 e. The average Bonchev–Trinajstić information content (AvgIpc) is 2.31. The molecule has 7 heteroatoms. The van der Waals surface area contributed by atoms with Crippen LogP contribution in [0.15, 0.2) is 30.3 Å². The lowest BCUT2D eigenvalue weighted by molar-refractivity contribution is -0.643. The second-order valence-corrected chi connectivity index (χ2v) is 6.59. The molecule has 0 aromatic heterocycles. The van der Waals surface area contributed by atoms with Crippen molar-refractivity contribution in [1.82, 2.24) is 0 Å². The highest BCUT2D eigenvalue weighted by molar-refractivity contribution is 9.26. The second kappa shape index (κ2) is 10.3. The molecule has 0 unspecified atom stereocenters. The summed E-state index contributed by atoms with van der Waals surface area (Å²) in [6.07, 6.45) is 0. The van der Waals surface area contributed by atoms with Crippen molar-refractivity contribution in [3.8, 4) is 6.07 Å². The van der Waals surface area contributed by atoms with Crippen LogP contribution < -0.4 is 23.5 Å². The number of carbonyl (C=O) groups excluding carboxylic acids is 1. The first-order chi connectivity index (χ1) is 7.94. The third kappa shape index (κ3) is 8.48. The topological polar surface area (TPSA) is 83.5 Å². The molecule has 18 heavy (non-hydrogen) atoms. The van der Waals surface area contributed by atoms with Crippen molar-refractivity contribution in [3.63, 3.8) is 0 Å². The highest BCUT2D eigenvalue weighted by Gasteiger charge is 2.28. The summed E-state index contributed by atoms with van der Waals surface area (Å²) < 4.78 is -1.39. The van der Waals surface area contributed by atoms with Crippen LogP contribution in [0.4, 0.5) is 0 Å². The Morgan fingerprint density at radius 3 is 2.22 bits per heavy atom. The minimum absolute atomic E-state index is 0. The van der Waals surface area contributed by atoms with Gasteiger partial charge in [0.15, 0.2) is 0 Å². The fourth-order valence-corrected chi connectivity index (χ4v) is 0.905. The van der Waals surface area contributed by atoms with Crippen molar-refractivity contribution >= 4 is 37.8 Å². The second-order valence-electron chi connectivity index (χ2n) is 3.15. The van der Waals surface area contributed by atoms with E-state index < -0.39 is 9.14 Å². The predicted octanol–water partition coefficient (Wildman–Crippen LogP) is -2.13. The highest BCUT2D eigenvalue weighted by atomic mass is 79.9. The van der Waals surface area contributed by atoms with Crippen LogP contribution in [0, 0.1) is 11.3 Å². The summed E-state index contributed by atoms with van der Waals surface area (Å²) in [5, 5.41) is 10.3. The van der Waals surface area contributed by atoms with Gasteiger partial charge in [0.05, 0.1) is 7.05 Å². The Labute approximate surface area is 130 Å². The van der Waals surface area contributed by atoms with Crippen molar-refractivity contribution in [2.45, 2.75) is 9.78 Å². The van der Waals surface area contributed by atoms with E-state index in [2.05, 4.69) is 68.5 Å². The monoisotopic (exact) mass is 397 g/mol. The quantitative estimate of drug-likeness (QED) is 0.569. The lowest BCUT2D eigenvalue weighted by atomic mass is 10.2. The molecule has 0 bridgehead atoms. The molecule has 0 aliphatic carbocycles. The highest BCUT2D eigenvalue weighted by Crippen LogP contribution is 2.23. The SMILES string of the molecule is C[NH2+]Cc1ccccc1.N#CC(Br)(Br)C(N)=O.[Cl-]. The van der Waals surface area contributed by atoms with Crippen molar-refractivity contribution in [2.75, 3.05) is 7.05 Å². The summed E-state index contributed by atoms with van der Waals surface area (Å²) >= 11 is 5.45. The Bertz CT molecular complexity index is 393. The van der Waals surface area contributed by atoms with E-state index in [4.69, 9.17) is 11.0 Å². The third-order valence-corrected chi connectivity index (χ3v) is 2.87. The van der Waals surface area contributed by atoms with E-state index in [9.17, 15) is 4.79 Å². The van der Waals surface area contributed by atoms with Crippen molar-refractivity contribution in [3.05, 3.63) is 35.9 Å². The van der Waals surface area contributed by atoms with Crippen LogP contribution in [0.2, 0.25) is 0 Å². The standard InChI is InChI=1S/C8H11N.C3H2Br2N2O.ClH/c1-9-7-8-5-3-2-4-6-8;4-3(5,1-6)2(7)8;/h2-6,9H,7H2,1H3;(H2,7,8);1H. The number of nitrogens with zero attached hydrogens (tertiary/aromatic N) is 1. The van der Waals surface area contributed by atoms with E-state index in [0.717, 1.165) is 6.54 Å². The van der Waals surface area contributed by atoms with Gasteiger partial charge in [-0.15, -0.1) is 0 Å². The number of rotatable bonds is 3. The van der Waals surface area contributed by atoms with Crippen LogP contribution in [0.5, 0.6) is 0 Å². The summed E-state index contributed by atoms with van der Waals surface area (Å²) in [6.45, 7) is 1.08. The number of amides is 1. The first-order valence-electron chi connectivity index (χ1n) is 4.84. The zero-order chi connectivity index (χ0) is 13.3. The molecule has 0 radical (unpaired) electrons. The maximum absolute atomic E-state index is 10.2. The third-order valence-electron chi connectivity index (χ3n) is 1.73. The van der Waals surface area contributed by atoms with Crippen LogP contribution in [-0.4, -0.2) is 16.2 Å². The van der Waals surface area contributed by atoms with E-state index in [1.807, 2.05) is 6.07 Å². The van der Waals surface area contributed by atoms with Crippen LogP contribution in [0.25, 0.3) is 0 Å². The average molecular weight is 400 g/mol. The number of nitriles is 1. The molecule has 0 fully saturated rings. The van der Waals surface area contributed by atoms with E-state index >= 15 is 0 Å². The van der Waals surface area contributed by atoms with Crippen LogP contribution >= 0.6 is 31.9 Å². The van der Waals surface area contributed by atoms with Gasteiger partial charge >= 0.3 is 0 Å². The molecule has 0 heterocycles. The van der Waals surface area contributed by atoms with Gasteiger partial charge in [-0.2, -0.15) is 5.26 Å². The smallest absolute Gasteiger partial charge is 0.259 e. The molecule has 1 rings (SSSR count). The van der Waals surface area contributed by atoms with Crippen LogP contribution in [-0.2, 0) is 11.3 Å². The molecular weight excluding hydrogens is 385 g/mol. The molecular formula is C11H14Br2ClN3O. The molecule has 0 spiro atoms. The Hall–Kier alpha value is -0.610. The molecule has 0 atom stereocenters. The Morgan fingerprint density at radius 1 is 1.44 bits per heavy atom. The molecule has 1 amide bonds. The number of alkyl halides is 2. The first-order valence-corrected chi connectivity index (χ1v) is 6.43. The number of benzene rings is 1. The normalized spacial score (nSPS) is 9.22. The summed E-state index contributed by atoms with van der Waals surface area (Å²) in [5.41, 5.74) is 6.11. The fraction of sp³-hybridized carbons (Fsp3) is 0.273. The zero-order valence-corrected chi connectivity index (χ0v) is 13.7. The molecule has 0 aliphatic rings. The van der Waals surface area contributed by atoms with Gasteiger partial charge in [-0.3, -0.25) is 4.79 Å². The summed E-state index contributed by atoms with van der Waals surface area (Å²) in [7, 11) is 2.08. The van der Waals surface area contributed by atoms with Gasteiger partial charge in [0.1, 0.15) is 12.6 Å². The molecule has 4 nitrogen and oxygen atoms in total. The minimum atomic E-state index is -1.39. The Kier molecular flexibility index (Phi) is 11.3. The number of hydrogen-bond acceptors (Lipinski definition) is 2. The fourth-order valence-electron chi connectivity index (χ4n) is 0.905. The lowest BCUT2D eigenvalue weighted by Crippen LogP contribution is -3.00. The van der Waals surface area contributed by atoms with Crippen molar-refractivity contribution < 1.29 is 22.5 Å². The number of carbonyl (C=O) groups is 1. The molecule has 0 saturated carbocycles. The van der Waals surface area contributed by atoms with Crippen molar-refractivity contribution in [2.24, 2.45) is 5.73 Å². The van der Waals surface area contributed by atoms with E-state index in [1.165, 1.54) is 5.56 Å². The maximum atomic E-state index is 10.2. The van der Waals surface area contributed by atoms with Gasteiger partial charge in [-0.25, -0.2) is 0 Å². The molecule has 1 aromatic carbocycles.